The van der Waals surface area contributed by atoms with Gasteiger partial charge in [-0.15, -0.1) is 0 Å². The topological polar surface area (TPSA) is 70.5 Å². The van der Waals surface area contributed by atoms with Crippen molar-refractivity contribution in [3.8, 4) is 0 Å². The molecular weight excluding hydrogens is 213 g/mol. The quantitative estimate of drug-likeness (QED) is 0.535. The Morgan fingerprint density at radius 3 is 1.80 bits per heavy atom. The van der Waals surface area contributed by atoms with Crippen LogP contribution in [-0.2, 0) is 13.6 Å². The maximum atomic E-state index is 10.7. The molecule has 0 aliphatic carbocycles. The predicted molar refractivity (Wildman–Crippen MR) is 67.1 cm³/mol. The van der Waals surface area contributed by atoms with Crippen LogP contribution in [0.25, 0.3) is 0 Å². The average Bonchev–Trinajstić information content (AvgIpc) is 2.19. The molecule has 0 aromatic carbocycles. The number of hydrogen-bond donors (Lipinski definition) is 1. The zero-order chi connectivity index (χ0) is 11.2. The van der Waals surface area contributed by atoms with Crippen LogP contribution < -0.4 is 6.15 Å². The summed E-state index contributed by atoms with van der Waals surface area (Å²) < 4.78 is 20.2. The lowest BCUT2D eigenvalue weighted by Crippen LogP contribution is -1.87. The maximum absolute atomic E-state index is 10.7. The zero-order valence-corrected chi connectivity index (χ0v) is 11.7. The Balaban J connectivity index is -0.000000249. The van der Waals surface area contributed by atoms with Crippen LogP contribution >= 0.6 is 8.25 Å². The highest BCUT2D eigenvalue weighted by atomic mass is 31.1. The third kappa shape index (κ3) is 24.9. The lowest BCUT2D eigenvalue weighted by molar-refractivity contribution is 0.231. The minimum absolute atomic E-state index is 0. The molecule has 15 heavy (non-hydrogen) atoms. The van der Waals surface area contributed by atoms with Crippen LogP contribution in [0.4, 0.5) is 0 Å². The lowest BCUT2D eigenvalue weighted by atomic mass is 10.4. The van der Waals surface area contributed by atoms with Crippen LogP contribution in [0.2, 0.25) is 0 Å². The van der Waals surface area contributed by atoms with Crippen molar-refractivity contribution in [3.63, 3.8) is 0 Å². The molecule has 0 aromatic heterocycles. The van der Waals surface area contributed by atoms with Crippen molar-refractivity contribution in [2.45, 2.75) is 53.4 Å². The second-order valence-corrected chi connectivity index (χ2v) is 3.96. The van der Waals surface area contributed by atoms with Gasteiger partial charge in [-0.2, -0.15) is 0 Å². The standard InChI is InChI=1S/C6H15O3P.C4H10.H3N/c1-3-5-6-9-10(7)8-4-2;1-3-4-2;/h10H,3-6H2,1-2H3;3-4H2,1-2H3;1H3. The fourth-order valence-corrected chi connectivity index (χ4v) is 1.09. The Morgan fingerprint density at radius 1 is 0.933 bits per heavy atom. The van der Waals surface area contributed by atoms with E-state index in [4.69, 9.17) is 9.05 Å². The first-order valence-corrected chi connectivity index (χ1v) is 6.74. The lowest BCUT2D eigenvalue weighted by Gasteiger charge is -2.01. The van der Waals surface area contributed by atoms with Crippen molar-refractivity contribution < 1.29 is 13.6 Å². The molecule has 0 aliphatic heterocycles. The molecule has 0 saturated heterocycles. The van der Waals surface area contributed by atoms with E-state index in [9.17, 15) is 4.57 Å². The first kappa shape index (κ1) is 20.5. The number of unbranched alkanes of at least 4 members (excludes halogenated alkanes) is 2. The van der Waals surface area contributed by atoms with Crippen molar-refractivity contribution in [2.24, 2.45) is 0 Å². The molecule has 0 aromatic rings. The highest BCUT2D eigenvalue weighted by Crippen LogP contribution is 2.23. The fraction of sp³-hybridized carbons (Fsp3) is 1.00. The van der Waals surface area contributed by atoms with E-state index in [1.807, 2.05) is 0 Å². The molecule has 0 aliphatic rings. The van der Waals surface area contributed by atoms with E-state index in [0.717, 1.165) is 12.8 Å². The summed E-state index contributed by atoms with van der Waals surface area (Å²) >= 11 is 0. The van der Waals surface area contributed by atoms with Crippen molar-refractivity contribution >= 4 is 8.25 Å². The second kappa shape index (κ2) is 19.6. The normalized spacial score (nSPS) is 10.9. The van der Waals surface area contributed by atoms with Gasteiger partial charge >= 0.3 is 8.25 Å². The summed E-state index contributed by atoms with van der Waals surface area (Å²) in [5.41, 5.74) is 0. The van der Waals surface area contributed by atoms with Gasteiger partial charge in [0.2, 0.25) is 0 Å². The molecule has 0 bridgehead atoms. The maximum Gasteiger partial charge on any atom is 0.319 e. The molecule has 0 saturated carbocycles. The molecule has 0 radical (unpaired) electrons. The molecule has 0 heterocycles. The Kier molecular flexibility index (Phi) is 26.9. The first-order valence-electron chi connectivity index (χ1n) is 5.52. The Bertz CT molecular complexity index is 121. The van der Waals surface area contributed by atoms with Crippen LogP contribution in [0.3, 0.4) is 0 Å². The molecule has 3 N–H and O–H groups in total. The number of hydrogen-bond acceptors (Lipinski definition) is 4. The third-order valence-corrected chi connectivity index (χ3v) is 2.44. The largest absolute Gasteiger partial charge is 0.344 e. The summed E-state index contributed by atoms with van der Waals surface area (Å²) in [5.74, 6) is 0. The molecule has 96 valence electrons. The van der Waals surface area contributed by atoms with Gasteiger partial charge in [0.25, 0.3) is 0 Å². The van der Waals surface area contributed by atoms with Gasteiger partial charge in [-0.25, -0.2) is 0 Å². The van der Waals surface area contributed by atoms with Gasteiger partial charge in [0.05, 0.1) is 13.2 Å². The van der Waals surface area contributed by atoms with Crippen LogP contribution in [0, 0.1) is 0 Å². The zero-order valence-electron chi connectivity index (χ0n) is 10.7. The molecule has 1 atom stereocenters. The summed E-state index contributed by atoms with van der Waals surface area (Å²) in [5, 5.41) is 0. The summed E-state index contributed by atoms with van der Waals surface area (Å²) in [6.07, 6.45) is 4.64. The summed E-state index contributed by atoms with van der Waals surface area (Å²) in [4.78, 5) is 0. The summed E-state index contributed by atoms with van der Waals surface area (Å²) in [7, 11) is -2.16. The molecule has 0 rings (SSSR count). The Labute approximate surface area is 95.3 Å². The second-order valence-electron chi connectivity index (χ2n) is 2.89. The summed E-state index contributed by atoms with van der Waals surface area (Å²) in [6.45, 7) is 9.23. The SMILES string of the molecule is CCCC.CCCCO[PH](=O)OCC.N. The van der Waals surface area contributed by atoms with Gasteiger partial charge in [0.15, 0.2) is 0 Å². The minimum atomic E-state index is -2.16. The predicted octanol–water partition coefficient (Wildman–Crippen LogP) is 4.20. The van der Waals surface area contributed by atoms with Crippen molar-refractivity contribution in [3.05, 3.63) is 0 Å². The van der Waals surface area contributed by atoms with E-state index >= 15 is 0 Å². The molecule has 0 amide bonds. The Hall–Kier alpha value is 0.110. The smallest absolute Gasteiger partial charge is 0.319 e. The van der Waals surface area contributed by atoms with Crippen molar-refractivity contribution in [2.75, 3.05) is 13.2 Å². The van der Waals surface area contributed by atoms with Gasteiger partial charge in [0, 0.05) is 0 Å². The molecule has 4 nitrogen and oxygen atoms in total. The molecule has 1 unspecified atom stereocenters. The van der Waals surface area contributed by atoms with Crippen molar-refractivity contribution in [1.29, 1.82) is 0 Å². The van der Waals surface area contributed by atoms with Crippen LogP contribution in [0.15, 0.2) is 0 Å². The van der Waals surface area contributed by atoms with Gasteiger partial charge in [-0.3, -0.25) is 4.57 Å². The minimum Gasteiger partial charge on any atom is -0.344 e. The van der Waals surface area contributed by atoms with E-state index in [0.29, 0.717) is 13.2 Å². The van der Waals surface area contributed by atoms with E-state index in [2.05, 4.69) is 20.8 Å². The van der Waals surface area contributed by atoms with Gasteiger partial charge in [-0.05, 0) is 13.3 Å². The molecule has 0 fully saturated rings. The highest BCUT2D eigenvalue weighted by Gasteiger charge is 1.94. The van der Waals surface area contributed by atoms with E-state index < -0.39 is 8.25 Å². The van der Waals surface area contributed by atoms with Gasteiger partial charge in [0.1, 0.15) is 0 Å². The monoisotopic (exact) mass is 241 g/mol. The van der Waals surface area contributed by atoms with Crippen molar-refractivity contribution in [1.82, 2.24) is 6.15 Å². The van der Waals surface area contributed by atoms with Crippen LogP contribution in [0.1, 0.15) is 53.4 Å². The number of rotatable bonds is 7. The first-order chi connectivity index (χ1) is 6.72. The summed E-state index contributed by atoms with van der Waals surface area (Å²) in [6, 6.07) is 0. The molecule has 0 spiro atoms. The van der Waals surface area contributed by atoms with E-state index in [1.165, 1.54) is 12.8 Å². The molecule has 5 heteroatoms. The third-order valence-electron chi connectivity index (χ3n) is 1.48. The van der Waals surface area contributed by atoms with E-state index in [-0.39, 0.29) is 6.15 Å². The Morgan fingerprint density at radius 2 is 1.47 bits per heavy atom. The molecular formula is C10H28NO3P. The van der Waals surface area contributed by atoms with Crippen LogP contribution in [0.5, 0.6) is 0 Å². The van der Waals surface area contributed by atoms with E-state index in [1.54, 1.807) is 6.92 Å². The van der Waals surface area contributed by atoms with Gasteiger partial charge in [-0.1, -0.05) is 40.0 Å². The average molecular weight is 241 g/mol. The fourth-order valence-electron chi connectivity index (χ4n) is 0.459. The van der Waals surface area contributed by atoms with Crippen LogP contribution in [-0.4, -0.2) is 13.2 Å². The highest BCUT2D eigenvalue weighted by molar-refractivity contribution is 7.33. The van der Waals surface area contributed by atoms with Gasteiger partial charge < -0.3 is 15.2 Å².